The Hall–Kier alpha value is -3.14. The molecule has 2 N–H and O–H groups in total. The minimum Gasteiger partial charge on any atom is -0.322 e. The lowest BCUT2D eigenvalue weighted by molar-refractivity contribution is -0.472. The minimum atomic E-state index is -7.31. The van der Waals surface area contributed by atoms with E-state index in [1.807, 2.05) is 0 Å². The standard InChI is InChI=1S/C20H12ClF11N2O3/c1-9-8-11(21)4-7-13(9)34-14(35)10-2-5-12(6-3-10)33-15(36)16(22,18(25,26)27)37-20(31,32)17(23,24)19(28,29)30/h2-8H,1H3,(H,33,36)(H,34,35). The highest BCUT2D eigenvalue weighted by atomic mass is 35.5. The number of hydrogen-bond acceptors (Lipinski definition) is 3. The summed E-state index contributed by atoms with van der Waals surface area (Å²) in [5.41, 5.74) is -0.121. The summed E-state index contributed by atoms with van der Waals surface area (Å²) < 4.78 is 145. The van der Waals surface area contributed by atoms with Gasteiger partial charge in [0.15, 0.2) is 0 Å². The van der Waals surface area contributed by atoms with Crippen LogP contribution < -0.4 is 10.6 Å². The SMILES string of the molecule is Cc1cc(Cl)ccc1NC(=O)c1ccc(NC(=O)C(F)(OC(F)(F)C(F)(F)C(F)(F)F)C(F)(F)F)cc1. The summed E-state index contributed by atoms with van der Waals surface area (Å²) in [5, 5.41) is 3.88. The highest BCUT2D eigenvalue weighted by Gasteiger charge is 2.79. The van der Waals surface area contributed by atoms with Crippen LogP contribution in [0.15, 0.2) is 42.5 Å². The average molecular weight is 573 g/mol. The van der Waals surface area contributed by atoms with Crippen molar-refractivity contribution < 1.29 is 62.6 Å². The monoisotopic (exact) mass is 572 g/mol. The van der Waals surface area contributed by atoms with E-state index in [0.717, 1.165) is 17.4 Å². The predicted molar refractivity (Wildman–Crippen MR) is 106 cm³/mol. The molecule has 2 amide bonds. The molecule has 0 fully saturated rings. The van der Waals surface area contributed by atoms with Crippen LogP contribution in [0.1, 0.15) is 15.9 Å². The summed E-state index contributed by atoms with van der Waals surface area (Å²) in [6.45, 7) is 1.60. The van der Waals surface area contributed by atoms with Gasteiger partial charge < -0.3 is 10.6 Å². The molecule has 0 spiro atoms. The van der Waals surface area contributed by atoms with E-state index < -0.39 is 47.7 Å². The fourth-order valence-electron chi connectivity index (χ4n) is 2.52. The normalized spacial score (nSPS) is 14.6. The van der Waals surface area contributed by atoms with Crippen molar-refractivity contribution in [2.45, 2.75) is 37.2 Å². The van der Waals surface area contributed by atoms with Gasteiger partial charge in [0, 0.05) is 22.0 Å². The van der Waals surface area contributed by atoms with E-state index in [4.69, 9.17) is 11.6 Å². The molecule has 0 aromatic heterocycles. The lowest BCUT2D eigenvalue weighted by Crippen LogP contribution is -2.62. The first-order valence-electron chi connectivity index (χ1n) is 9.39. The van der Waals surface area contributed by atoms with E-state index in [2.05, 4.69) is 10.1 Å². The number of carbonyl (C=O) groups is 2. The van der Waals surface area contributed by atoms with Crippen LogP contribution in [0.3, 0.4) is 0 Å². The third-order valence-corrected chi connectivity index (χ3v) is 4.72. The van der Waals surface area contributed by atoms with Gasteiger partial charge in [-0.1, -0.05) is 11.6 Å². The number of ether oxygens (including phenoxy) is 1. The lowest BCUT2D eigenvalue weighted by Gasteiger charge is -2.34. The zero-order valence-electron chi connectivity index (χ0n) is 17.8. The molecular weight excluding hydrogens is 561 g/mol. The minimum absolute atomic E-state index is 0.178. The van der Waals surface area contributed by atoms with E-state index in [1.165, 1.54) is 18.2 Å². The number of hydrogen-bond donors (Lipinski definition) is 2. The van der Waals surface area contributed by atoms with Gasteiger partial charge in [0.05, 0.1) is 0 Å². The number of nitrogens with one attached hydrogen (secondary N) is 2. The number of anilines is 2. The first-order valence-corrected chi connectivity index (χ1v) is 9.77. The molecule has 5 nitrogen and oxygen atoms in total. The largest absolute Gasteiger partial charge is 0.462 e. The molecule has 2 aromatic rings. The van der Waals surface area contributed by atoms with Crippen LogP contribution in [0, 0.1) is 6.92 Å². The lowest BCUT2D eigenvalue weighted by atomic mass is 10.1. The zero-order valence-corrected chi connectivity index (χ0v) is 18.6. The summed E-state index contributed by atoms with van der Waals surface area (Å²) in [6.07, 6.45) is -21.2. The topological polar surface area (TPSA) is 67.4 Å². The van der Waals surface area contributed by atoms with E-state index in [9.17, 15) is 57.9 Å². The van der Waals surface area contributed by atoms with Crippen molar-refractivity contribution in [3.8, 4) is 0 Å². The van der Waals surface area contributed by atoms with Crippen LogP contribution in [0.4, 0.5) is 59.7 Å². The molecule has 0 saturated carbocycles. The first kappa shape index (κ1) is 30.1. The van der Waals surface area contributed by atoms with Gasteiger partial charge in [0.2, 0.25) is 0 Å². The first-order chi connectivity index (χ1) is 16.6. The van der Waals surface area contributed by atoms with Gasteiger partial charge in [-0.2, -0.15) is 48.3 Å². The highest BCUT2D eigenvalue weighted by Crippen LogP contribution is 2.51. The number of halogens is 12. The number of carbonyl (C=O) groups excluding carboxylic acids is 2. The molecule has 37 heavy (non-hydrogen) atoms. The van der Waals surface area contributed by atoms with E-state index >= 15 is 0 Å². The van der Waals surface area contributed by atoms with Crippen LogP contribution in [0.25, 0.3) is 0 Å². The summed E-state index contributed by atoms with van der Waals surface area (Å²) in [5.74, 6) is -17.6. The maximum absolute atomic E-state index is 14.3. The second-order valence-electron chi connectivity index (χ2n) is 7.23. The molecule has 0 heterocycles. The van der Waals surface area contributed by atoms with Crippen LogP contribution in [-0.2, 0) is 9.53 Å². The van der Waals surface area contributed by atoms with Gasteiger partial charge in [-0.25, -0.2) is 0 Å². The molecule has 0 radical (unpaired) electrons. The molecule has 1 atom stereocenters. The predicted octanol–water partition coefficient (Wildman–Crippen LogP) is 6.87. The van der Waals surface area contributed by atoms with Gasteiger partial charge >= 0.3 is 30.2 Å². The molecule has 0 saturated heterocycles. The molecular formula is C20H12ClF11N2O3. The zero-order chi connectivity index (χ0) is 28.6. The number of amides is 2. The number of rotatable bonds is 7. The van der Waals surface area contributed by atoms with E-state index in [-0.39, 0.29) is 5.56 Å². The molecule has 0 aliphatic carbocycles. The third kappa shape index (κ3) is 6.23. The molecule has 0 aliphatic rings. The van der Waals surface area contributed by atoms with E-state index in [0.29, 0.717) is 28.4 Å². The third-order valence-electron chi connectivity index (χ3n) is 4.49. The Morgan fingerprint density at radius 3 is 1.78 bits per heavy atom. The number of aryl methyl sites for hydroxylation is 1. The Bertz CT molecular complexity index is 1170. The van der Waals surface area contributed by atoms with Crippen molar-refractivity contribution in [2.75, 3.05) is 10.6 Å². The van der Waals surface area contributed by atoms with Crippen LogP contribution in [0.5, 0.6) is 0 Å². The van der Waals surface area contributed by atoms with Crippen LogP contribution >= 0.6 is 11.6 Å². The summed E-state index contributed by atoms with van der Waals surface area (Å²) in [4.78, 5) is 24.1. The highest BCUT2D eigenvalue weighted by molar-refractivity contribution is 6.30. The average Bonchev–Trinajstić information content (AvgIpc) is 2.74. The van der Waals surface area contributed by atoms with Crippen molar-refractivity contribution in [1.82, 2.24) is 0 Å². The quantitative estimate of drug-likeness (QED) is 0.356. The second-order valence-corrected chi connectivity index (χ2v) is 7.67. The Kier molecular flexibility index (Phi) is 8.10. The second kappa shape index (κ2) is 9.96. The maximum atomic E-state index is 14.3. The Balaban J connectivity index is 2.25. The van der Waals surface area contributed by atoms with Crippen molar-refractivity contribution in [2.24, 2.45) is 0 Å². The van der Waals surface area contributed by atoms with Gasteiger partial charge in [0.1, 0.15) is 0 Å². The molecule has 1 unspecified atom stereocenters. The van der Waals surface area contributed by atoms with Crippen molar-refractivity contribution in [1.29, 1.82) is 0 Å². The molecule has 204 valence electrons. The maximum Gasteiger partial charge on any atom is 0.462 e. The van der Waals surface area contributed by atoms with Crippen molar-refractivity contribution in [3.63, 3.8) is 0 Å². The number of benzene rings is 2. The summed E-state index contributed by atoms with van der Waals surface area (Å²) in [7, 11) is 0. The fraction of sp³-hybridized carbons (Fsp3) is 0.300. The molecule has 0 aliphatic heterocycles. The summed E-state index contributed by atoms with van der Waals surface area (Å²) >= 11 is 5.79. The van der Waals surface area contributed by atoms with Crippen LogP contribution in [-0.4, -0.2) is 42.1 Å². The molecule has 17 heteroatoms. The van der Waals surface area contributed by atoms with Crippen molar-refractivity contribution >= 4 is 34.8 Å². The van der Waals surface area contributed by atoms with Gasteiger partial charge in [-0.05, 0) is 55.0 Å². The Labute approximate surface area is 204 Å². The molecule has 2 aromatic carbocycles. The van der Waals surface area contributed by atoms with Crippen molar-refractivity contribution in [3.05, 3.63) is 58.6 Å². The fourth-order valence-corrected chi connectivity index (χ4v) is 2.74. The van der Waals surface area contributed by atoms with Gasteiger partial charge in [-0.15, -0.1) is 0 Å². The van der Waals surface area contributed by atoms with E-state index in [1.54, 1.807) is 6.92 Å². The smallest absolute Gasteiger partial charge is 0.322 e. The Morgan fingerprint density at radius 1 is 0.784 bits per heavy atom. The summed E-state index contributed by atoms with van der Waals surface area (Å²) in [6, 6.07) is 7.51. The van der Waals surface area contributed by atoms with Gasteiger partial charge in [-0.3, -0.25) is 14.3 Å². The Morgan fingerprint density at radius 2 is 1.32 bits per heavy atom. The molecule has 0 bridgehead atoms. The van der Waals surface area contributed by atoms with Gasteiger partial charge in [0.25, 0.3) is 11.8 Å². The number of alkyl halides is 11. The molecule has 2 rings (SSSR count). The van der Waals surface area contributed by atoms with Crippen LogP contribution in [0.2, 0.25) is 5.02 Å².